The molecule has 0 fully saturated rings. The van der Waals surface area contributed by atoms with E-state index in [4.69, 9.17) is 0 Å². The molecule has 2 rings (SSSR count). The first-order valence-electron chi connectivity index (χ1n) is 6.12. The molecule has 2 nitrogen and oxygen atoms in total. The van der Waals surface area contributed by atoms with E-state index in [-0.39, 0.29) is 0 Å². The van der Waals surface area contributed by atoms with E-state index in [9.17, 15) is 0 Å². The van der Waals surface area contributed by atoms with Gasteiger partial charge in [0, 0.05) is 25.0 Å². The molecule has 1 aliphatic carbocycles. The van der Waals surface area contributed by atoms with Crippen molar-refractivity contribution in [2.24, 2.45) is 0 Å². The minimum atomic E-state index is 0.572. The molecular weight excluding hydrogens is 196 g/mol. The number of fused-ring (bicyclic) bond motifs is 1. The van der Waals surface area contributed by atoms with Crippen molar-refractivity contribution in [2.45, 2.75) is 25.3 Å². The molecule has 0 saturated heterocycles. The van der Waals surface area contributed by atoms with Gasteiger partial charge >= 0.3 is 0 Å². The standard InChI is InChI=1S/C14H22N2/c1-11(10-16(2)3)15-9-13-8-12-6-4-5-7-14(12)13/h4-7,11,13,15H,8-10H2,1-3H3. The van der Waals surface area contributed by atoms with Crippen LogP contribution in [0.2, 0.25) is 0 Å². The van der Waals surface area contributed by atoms with Crippen molar-refractivity contribution in [3.63, 3.8) is 0 Å². The van der Waals surface area contributed by atoms with Crippen LogP contribution in [0, 0.1) is 0 Å². The summed E-state index contributed by atoms with van der Waals surface area (Å²) in [5.41, 5.74) is 3.08. The van der Waals surface area contributed by atoms with Gasteiger partial charge in [0.1, 0.15) is 0 Å². The Morgan fingerprint density at radius 2 is 2.12 bits per heavy atom. The zero-order chi connectivity index (χ0) is 11.5. The molecule has 16 heavy (non-hydrogen) atoms. The van der Waals surface area contributed by atoms with Gasteiger partial charge in [-0.2, -0.15) is 0 Å². The monoisotopic (exact) mass is 218 g/mol. The molecule has 2 unspecified atom stereocenters. The Balaban J connectivity index is 1.77. The highest BCUT2D eigenvalue weighted by atomic mass is 15.1. The molecule has 0 saturated carbocycles. The van der Waals surface area contributed by atoms with Crippen LogP contribution in [0.4, 0.5) is 0 Å². The SMILES string of the molecule is CC(CN(C)C)NCC1Cc2ccccc21. The predicted molar refractivity (Wildman–Crippen MR) is 68.9 cm³/mol. The van der Waals surface area contributed by atoms with E-state index in [0.717, 1.165) is 19.0 Å². The molecule has 0 amide bonds. The summed E-state index contributed by atoms with van der Waals surface area (Å²) in [6.45, 7) is 4.48. The zero-order valence-electron chi connectivity index (χ0n) is 10.5. The van der Waals surface area contributed by atoms with Crippen molar-refractivity contribution < 1.29 is 0 Å². The van der Waals surface area contributed by atoms with E-state index < -0.39 is 0 Å². The molecule has 1 aromatic carbocycles. The van der Waals surface area contributed by atoms with Crippen LogP contribution in [0.5, 0.6) is 0 Å². The molecular formula is C14H22N2. The van der Waals surface area contributed by atoms with Gasteiger partial charge in [0.15, 0.2) is 0 Å². The van der Waals surface area contributed by atoms with Gasteiger partial charge in [-0.15, -0.1) is 0 Å². The Morgan fingerprint density at radius 1 is 1.38 bits per heavy atom. The van der Waals surface area contributed by atoms with Crippen LogP contribution in [0.15, 0.2) is 24.3 Å². The van der Waals surface area contributed by atoms with E-state index in [0.29, 0.717) is 6.04 Å². The Hall–Kier alpha value is -0.860. The highest BCUT2D eigenvalue weighted by Gasteiger charge is 2.25. The lowest BCUT2D eigenvalue weighted by molar-refractivity contribution is 0.342. The summed E-state index contributed by atoms with van der Waals surface area (Å²) in [6.07, 6.45) is 1.25. The first-order chi connectivity index (χ1) is 7.66. The molecule has 0 bridgehead atoms. The lowest BCUT2D eigenvalue weighted by atomic mass is 9.77. The molecule has 1 aliphatic rings. The third kappa shape index (κ3) is 2.63. The van der Waals surface area contributed by atoms with Gasteiger partial charge in [-0.1, -0.05) is 24.3 Å². The van der Waals surface area contributed by atoms with E-state index in [1.165, 1.54) is 12.0 Å². The fourth-order valence-corrected chi connectivity index (χ4v) is 2.50. The molecule has 1 aromatic rings. The maximum atomic E-state index is 3.62. The summed E-state index contributed by atoms with van der Waals surface area (Å²) in [5, 5.41) is 3.62. The summed E-state index contributed by atoms with van der Waals surface area (Å²) in [6, 6.07) is 9.37. The smallest absolute Gasteiger partial charge is 0.0166 e. The van der Waals surface area contributed by atoms with Crippen LogP contribution in [-0.4, -0.2) is 38.1 Å². The molecule has 2 heteroatoms. The quantitative estimate of drug-likeness (QED) is 0.811. The third-order valence-electron chi connectivity index (χ3n) is 3.31. The van der Waals surface area contributed by atoms with Crippen LogP contribution in [0.1, 0.15) is 24.0 Å². The summed E-state index contributed by atoms with van der Waals surface area (Å²) in [5.74, 6) is 0.737. The predicted octanol–water partition coefficient (Wildman–Crippen LogP) is 1.87. The molecule has 1 N–H and O–H groups in total. The first-order valence-corrected chi connectivity index (χ1v) is 6.12. The Morgan fingerprint density at radius 3 is 2.81 bits per heavy atom. The fraction of sp³-hybridized carbons (Fsp3) is 0.571. The molecule has 88 valence electrons. The van der Waals surface area contributed by atoms with Gasteiger partial charge in [0.2, 0.25) is 0 Å². The summed E-state index contributed by atoms with van der Waals surface area (Å²) in [7, 11) is 4.24. The van der Waals surface area contributed by atoms with Gasteiger partial charge in [-0.05, 0) is 38.6 Å². The number of rotatable bonds is 5. The highest BCUT2D eigenvalue weighted by molar-refractivity contribution is 5.40. The number of hydrogen-bond donors (Lipinski definition) is 1. The van der Waals surface area contributed by atoms with Gasteiger partial charge in [-0.3, -0.25) is 0 Å². The van der Waals surface area contributed by atoms with Crippen molar-refractivity contribution >= 4 is 0 Å². The normalized spacial score (nSPS) is 20.4. The minimum Gasteiger partial charge on any atom is -0.312 e. The van der Waals surface area contributed by atoms with Gasteiger partial charge < -0.3 is 10.2 Å². The molecule has 0 radical (unpaired) electrons. The van der Waals surface area contributed by atoms with Crippen molar-refractivity contribution in [2.75, 3.05) is 27.2 Å². The van der Waals surface area contributed by atoms with E-state index in [2.05, 4.69) is 55.5 Å². The second kappa shape index (κ2) is 4.98. The van der Waals surface area contributed by atoms with Gasteiger partial charge in [0.05, 0.1) is 0 Å². The summed E-state index contributed by atoms with van der Waals surface area (Å²) < 4.78 is 0. The molecule has 0 spiro atoms. The zero-order valence-corrected chi connectivity index (χ0v) is 10.5. The minimum absolute atomic E-state index is 0.572. The fourth-order valence-electron chi connectivity index (χ4n) is 2.50. The lowest BCUT2D eigenvalue weighted by Gasteiger charge is -2.31. The van der Waals surface area contributed by atoms with Crippen LogP contribution in [-0.2, 0) is 6.42 Å². The maximum Gasteiger partial charge on any atom is 0.0166 e. The number of hydrogen-bond acceptors (Lipinski definition) is 2. The van der Waals surface area contributed by atoms with Crippen LogP contribution in [0.25, 0.3) is 0 Å². The van der Waals surface area contributed by atoms with Gasteiger partial charge in [-0.25, -0.2) is 0 Å². The van der Waals surface area contributed by atoms with Gasteiger partial charge in [0.25, 0.3) is 0 Å². The Labute approximate surface area is 98.7 Å². The molecule has 2 atom stereocenters. The second-order valence-corrected chi connectivity index (χ2v) is 5.17. The number of likely N-dealkylation sites (N-methyl/N-ethyl adjacent to an activating group) is 1. The van der Waals surface area contributed by atoms with Crippen LogP contribution < -0.4 is 5.32 Å². The third-order valence-corrected chi connectivity index (χ3v) is 3.31. The summed E-state index contributed by atoms with van der Waals surface area (Å²) >= 11 is 0. The van der Waals surface area contributed by atoms with E-state index in [1.54, 1.807) is 5.56 Å². The van der Waals surface area contributed by atoms with Crippen LogP contribution >= 0.6 is 0 Å². The van der Waals surface area contributed by atoms with Crippen LogP contribution in [0.3, 0.4) is 0 Å². The summed E-state index contributed by atoms with van der Waals surface area (Å²) in [4.78, 5) is 2.23. The topological polar surface area (TPSA) is 15.3 Å². The average molecular weight is 218 g/mol. The maximum absolute atomic E-state index is 3.62. The largest absolute Gasteiger partial charge is 0.312 e. The molecule has 0 aromatic heterocycles. The van der Waals surface area contributed by atoms with Crippen molar-refractivity contribution in [1.82, 2.24) is 10.2 Å². The second-order valence-electron chi connectivity index (χ2n) is 5.17. The molecule has 0 heterocycles. The Kier molecular flexibility index (Phi) is 3.62. The highest BCUT2D eigenvalue weighted by Crippen LogP contribution is 2.33. The molecule has 0 aliphatic heterocycles. The Bertz CT molecular complexity index is 346. The van der Waals surface area contributed by atoms with Crippen molar-refractivity contribution in [3.05, 3.63) is 35.4 Å². The average Bonchev–Trinajstić information content (AvgIpc) is 2.18. The van der Waals surface area contributed by atoms with Crippen molar-refractivity contribution in [1.29, 1.82) is 0 Å². The number of benzene rings is 1. The number of nitrogens with one attached hydrogen (secondary N) is 1. The number of nitrogens with zero attached hydrogens (tertiary/aromatic N) is 1. The lowest BCUT2D eigenvalue weighted by Crippen LogP contribution is -2.39. The van der Waals surface area contributed by atoms with E-state index in [1.807, 2.05) is 0 Å². The van der Waals surface area contributed by atoms with Crippen molar-refractivity contribution in [3.8, 4) is 0 Å². The van der Waals surface area contributed by atoms with E-state index >= 15 is 0 Å². The first kappa shape index (κ1) is 11.6.